The number of rotatable bonds is 5. The van der Waals surface area contributed by atoms with Gasteiger partial charge in [0.15, 0.2) is 12.4 Å². The van der Waals surface area contributed by atoms with Crippen molar-refractivity contribution in [3.8, 4) is 5.75 Å². The minimum Gasteiger partial charge on any atom is -0.485 e. The molecule has 0 radical (unpaired) electrons. The largest absolute Gasteiger partial charge is 0.485 e. The highest BCUT2D eigenvalue weighted by molar-refractivity contribution is 5.94. The molecule has 2 aromatic rings. The van der Waals surface area contributed by atoms with Crippen LogP contribution in [0.2, 0.25) is 0 Å². The molecular formula is C21H22N2O3. The molecule has 1 heterocycles. The average molecular weight is 350 g/mol. The van der Waals surface area contributed by atoms with Crippen LogP contribution in [0.25, 0.3) is 0 Å². The number of carbonyl (C=O) groups excluding carboxylic acids is 2. The number of ketones is 1. The van der Waals surface area contributed by atoms with Crippen molar-refractivity contribution in [1.82, 2.24) is 0 Å². The lowest BCUT2D eigenvalue weighted by Gasteiger charge is -2.23. The summed E-state index contributed by atoms with van der Waals surface area (Å²) in [6, 6.07) is 14.6. The molecule has 5 nitrogen and oxygen atoms in total. The highest BCUT2D eigenvalue weighted by Crippen LogP contribution is 2.46. The molecule has 3 rings (SSSR count). The van der Waals surface area contributed by atoms with Crippen molar-refractivity contribution in [1.29, 1.82) is 0 Å². The first-order chi connectivity index (χ1) is 12.3. The van der Waals surface area contributed by atoms with Crippen LogP contribution in [0.1, 0.15) is 29.8 Å². The number of anilines is 1. The number of allylic oxidation sites excluding steroid dienone is 1. The van der Waals surface area contributed by atoms with Crippen molar-refractivity contribution >= 4 is 17.4 Å². The van der Waals surface area contributed by atoms with Crippen molar-refractivity contribution < 1.29 is 14.3 Å². The SMILES string of the molecule is CN1C(=CC(=O)COc2ccc(C(N)=O)cc2)C(C)(C)c2ccccc21. The van der Waals surface area contributed by atoms with E-state index in [1.54, 1.807) is 30.3 Å². The standard InChI is InChI=1S/C21H22N2O3/c1-21(2)17-6-4-5-7-18(17)23(3)19(21)12-15(24)13-26-16-10-8-14(9-11-16)20(22)25/h4-12H,13H2,1-3H3,(H2,22,25). The Morgan fingerprint density at radius 1 is 1.12 bits per heavy atom. The summed E-state index contributed by atoms with van der Waals surface area (Å²) in [5.74, 6) is -0.0980. The first-order valence-electron chi connectivity index (χ1n) is 8.41. The molecule has 0 atom stereocenters. The molecule has 0 aliphatic carbocycles. The van der Waals surface area contributed by atoms with Crippen LogP contribution in [0, 0.1) is 0 Å². The zero-order valence-corrected chi connectivity index (χ0v) is 15.2. The van der Waals surface area contributed by atoms with Crippen molar-refractivity contribution in [2.75, 3.05) is 18.6 Å². The summed E-state index contributed by atoms with van der Waals surface area (Å²) in [5.41, 5.74) is 8.61. The third-order valence-electron chi connectivity index (χ3n) is 4.76. The summed E-state index contributed by atoms with van der Waals surface area (Å²) in [5, 5.41) is 0. The lowest BCUT2D eigenvalue weighted by molar-refractivity contribution is -0.116. The van der Waals surface area contributed by atoms with E-state index in [1.165, 1.54) is 5.56 Å². The van der Waals surface area contributed by atoms with Crippen LogP contribution in [-0.2, 0) is 10.2 Å². The van der Waals surface area contributed by atoms with Crippen molar-refractivity contribution in [2.45, 2.75) is 19.3 Å². The number of nitrogens with two attached hydrogens (primary N) is 1. The number of benzene rings is 2. The minimum absolute atomic E-state index is 0.0698. The Morgan fingerprint density at radius 2 is 1.77 bits per heavy atom. The van der Waals surface area contributed by atoms with E-state index in [2.05, 4.69) is 30.9 Å². The zero-order valence-electron chi connectivity index (χ0n) is 15.2. The summed E-state index contributed by atoms with van der Waals surface area (Å²) in [4.78, 5) is 25.6. The molecule has 0 unspecified atom stereocenters. The van der Waals surface area contributed by atoms with Gasteiger partial charge in [0.2, 0.25) is 5.91 Å². The number of amides is 1. The number of carbonyl (C=O) groups is 2. The maximum atomic E-state index is 12.4. The Morgan fingerprint density at radius 3 is 2.38 bits per heavy atom. The highest BCUT2D eigenvalue weighted by atomic mass is 16.5. The second-order valence-electron chi connectivity index (χ2n) is 6.87. The van der Waals surface area contributed by atoms with E-state index >= 15 is 0 Å². The number of likely N-dealkylation sites (N-methyl/N-ethyl adjacent to an activating group) is 1. The number of nitrogens with zero attached hydrogens (tertiary/aromatic N) is 1. The lowest BCUT2D eigenvalue weighted by Crippen LogP contribution is -2.25. The number of para-hydroxylation sites is 1. The summed E-state index contributed by atoms with van der Waals surface area (Å²) in [6.45, 7) is 4.15. The van der Waals surface area contributed by atoms with Gasteiger partial charge in [-0.15, -0.1) is 0 Å². The quantitative estimate of drug-likeness (QED) is 0.841. The molecule has 0 bridgehead atoms. The van der Waals surface area contributed by atoms with E-state index in [4.69, 9.17) is 10.5 Å². The van der Waals surface area contributed by atoms with E-state index in [0.717, 1.165) is 11.4 Å². The lowest BCUT2D eigenvalue weighted by atomic mass is 9.83. The Kier molecular flexibility index (Phi) is 4.55. The van der Waals surface area contributed by atoms with Gasteiger partial charge in [0, 0.05) is 35.5 Å². The number of primary amides is 1. The third kappa shape index (κ3) is 3.20. The molecule has 0 fully saturated rings. The molecular weight excluding hydrogens is 328 g/mol. The predicted octanol–water partition coefficient (Wildman–Crippen LogP) is 3.04. The van der Waals surface area contributed by atoms with E-state index in [-0.39, 0.29) is 17.8 Å². The van der Waals surface area contributed by atoms with Gasteiger partial charge in [-0.2, -0.15) is 0 Å². The smallest absolute Gasteiger partial charge is 0.248 e. The van der Waals surface area contributed by atoms with Crippen LogP contribution in [0.5, 0.6) is 5.75 Å². The van der Waals surface area contributed by atoms with E-state index in [9.17, 15) is 9.59 Å². The summed E-state index contributed by atoms with van der Waals surface area (Å²) in [6.07, 6.45) is 1.65. The Balaban J connectivity index is 1.72. The summed E-state index contributed by atoms with van der Waals surface area (Å²) < 4.78 is 5.53. The molecule has 0 saturated heterocycles. The number of fused-ring (bicyclic) bond motifs is 1. The number of hydrogen-bond acceptors (Lipinski definition) is 4. The van der Waals surface area contributed by atoms with Gasteiger partial charge in [0.25, 0.3) is 0 Å². The maximum Gasteiger partial charge on any atom is 0.248 e. The molecule has 1 aliphatic heterocycles. The summed E-state index contributed by atoms with van der Waals surface area (Å²) in [7, 11) is 1.97. The van der Waals surface area contributed by atoms with Crippen LogP contribution < -0.4 is 15.4 Å². The Bertz CT molecular complexity index is 882. The van der Waals surface area contributed by atoms with Crippen molar-refractivity contribution in [3.05, 3.63) is 71.4 Å². The molecule has 5 heteroatoms. The Hall–Kier alpha value is -3.08. The van der Waals surface area contributed by atoms with Crippen LogP contribution in [0.15, 0.2) is 60.3 Å². The van der Waals surface area contributed by atoms with E-state index < -0.39 is 5.91 Å². The van der Waals surface area contributed by atoms with Gasteiger partial charge in [-0.3, -0.25) is 9.59 Å². The number of hydrogen-bond donors (Lipinski definition) is 1. The molecule has 2 aromatic carbocycles. The molecule has 134 valence electrons. The molecule has 0 aromatic heterocycles. The molecule has 2 N–H and O–H groups in total. The maximum absolute atomic E-state index is 12.4. The van der Waals surface area contributed by atoms with Gasteiger partial charge in [-0.05, 0) is 35.9 Å². The van der Waals surface area contributed by atoms with Gasteiger partial charge < -0.3 is 15.4 Å². The van der Waals surface area contributed by atoms with Gasteiger partial charge in [0.05, 0.1) is 0 Å². The van der Waals surface area contributed by atoms with Gasteiger partial charge in [0.1, 0.15) is 5.75 Å². The number of ether oxygens (including phenoxy) is 1. The van der Waals surface area contributed by atoms with Crippen LogP contribution in [0.4, 0.5) is 5.69 Å². The first kappa shape index (κ1) is 17.7. The van der Waals surface area contributed by atoms with Crippen molar-refractivity contribution in [2.24, 2.45) is 5.73 Å². The third-order valence-corrected chi connectivity index (χ3v) is 4.76. The summed E-state index contributed by atoms with van der Waals surface area (Å²) >= 11 is 0. The second-order valence-corrected chi connectivity index (χ2v) is 6.87. The Labute approximate surface area is 153 Å². The molecule has 1 amide bonds. The van der Waals surface area contributed by atoms with E-state index in [1.807, 2.05) is 19.2 Å². The van der Waals surface area contributed by atoms with Gasteiger partial charge >= 0.3 is 0 Å². The normalized spacial score (nSPS) is 16.4. The first-order valence-corrected chi connectivity index (χ1v) is 8.41. The molecule has 0 spiro atoms. The van der Waals surface area contributed by atoms with Gasteiger partial charge in [-0.25, -0.2) is 0 Å². The van der Waals surface area contributed by atoms with Crippen LogP contribution in [0.3, 0.4) is 0 Å². The monoisotopic (exact) mass is 350 g/mol. The second kappa shape index (κ2) is 6.67. The van der Waals surface area contributed by atoms with Crippen LogP contribution >= 0.6 is 0 Å². The fourth-order valence-electron chi connectivity index (χ4n) is 3.32. The van der Waals surface area contributed by atoms with E-state index in [0.29, 0.717) is 11.3 Å². The van der Waals surface area contributed by atoms with Gasteiger partial charge in [-0.1, -0.05) is 32.0 Å². The molecule has 1 aliphatic rings. The molecule has 0 saturated carbocycles. The predicted molar refractivity (Wildman–Crippen MR) is 101 cm³/mol. The average Bonchev–Trinajstić information content (AvgIpc) is 2.81. The topological polar surface area (TPSA) is 72.6 Å². The fourth-order valence-corrected chi connectivity index (χ4v) is 3.32. The zero-order chi connectivity index (χ0) is 18.9. The minimum atomic E-state index is -0.497. The molecule has 26 heavy (non-hydrogen) atoms. The van der Waals surface area contributed by atoms with Crippen LogP contribution in [-0.4, -0.2) is 25.3 Å². The fraction of sp³-hybridized carbons (Fsp3) is 0.238. The van der Waals surface area contributed by atoms with Crippen molar-refractivity contribution in [3.63, 3.8) is 0 Å². The highest BCUT2D eigenvalue weighted by Gasteiger charge is 2.38.